The van der Waals surface area contributed by atoms with Gasteiger partial charge in [-0.05, 0) is 50.5 Å². The van der Waals surface area contributed by atoms with Crippen molar-refractivity contribution in [3.8, 4) is 0 Å². The minimum absolute atomic E-state index is 0. The van der Waals surface area contributed by atoms with Gasteiger partial charge in [0.1, 0.15) is 0 Å². The van der Waals surface area contributed by atoms with E-state index >= 15 is 0 Å². The van der Waals surface area contributed by atoms with Crippen LogP contribution in [0.25, 0.3) is 0 Å². The zero-order chi connectivity index (χ0) is 16.8. The molecule has 1 heterocycles. The van der Waals surface area contributed by atoms with E-state index in [2.05, 4.69) is 54.4 Å². The Kier molecular flexibility index (Phi) is 8.49. The first-order chi connectivity index (χ1) is 11.8. The molecule has 1 aliphatic heterocycles. The lowest BCUT2D eigenvalue weighted by Crippen LogP contribution is -2.47. The van der Waals surface area contributed by atoms with Gasteiger partial charge in [0.05, 0.1) is 6.10 Å². The Morgan fingerprint density at radius 2 is 1.92 bits per heavy atom. The average molecular weight is 457 g/mol. The number of hydrogen-bond donors (Lipinski definition) is 1. The van der Waals surface area contributed by atoms with Gasteiger partial charge in [-0.2, -0.15) is 0 Å². The molecular formula is C20H32IN3O. The fourth-order valence-corrected chi connectivity index (χ4v) is 3.66. The maximum atomic E-state index is 5.76. The minimum atomic E-state index is 0. The van der Waals surface area contributed by atoms with E-state index in [1.54, 1.807) is 0 Å². The van der Waals surface area contributed by atoms with Crippen molar-refractivity contribution in [1.29, 1.82) is 0 Å². The smallest absolute Gasteiger partial charge is 0.193 e. The zero-order valence-electron chi connectivity index (χ0n) is 15.5. The molecule has 2 fully saturated rings. The molecule has 1 saturated carbocycles. The van der Waals surface area contributed by atoms with Crippen molar-refractivity contribution in [2.24, 2.45) is 10.9 Å². The van der Waals surface area contributed by atoms with Crippen molar-refractivity contribution >= 4 is 29.9 Å². The number of piperidine rings is 1. The highest BCUT2D eigenvalue weighted by molar-refractivity contribution is 14.0. The zero-order valence-corrected chi connectivity index (χ0v) is 17.8. The van der Waals surface area contributed by atoms with Crippen molar-refractivity contribution in [2.45, 2.75) is 45.1 Å². The molecule has 0 radical (unpaired) electrons. The van der Waals surface area contributed by atoms with Crippen molar-refractivity contribution in [1.82, 2.24) is 10.2 Å². The van der Waals surface area contributed by atoms with Gasteiger partial charge in [0.25, 0.3) is 0 Å². The number of benzene rings is 1. The van der Waals surface area contributed by atoms with Crippen molar-refractivity contribution in [2.75, 3.05) is 32.8 Å². The van der Waals surface area contributed by atoms with E-state index in [4.69, 9.17) is 9.73 Å². The van der Waals surface area contributed by atoms with Gasteiger partial charge in [-0.25, -0.2) is 0 Å². The molecule has 1 aromatic carbocycles. The van der Waals surface area contributed by atoms with Gasteiger partial charge in [-0.15, -0.1) is 24.0 Å². The summed E-state index contributed by atoms with van der Waals surface area (Å²) in [5.74, 6) is 2.51. The third-order valence-electron chi connectivity index (χ3n) is 5.10. The number of rotatable bonds is 6. The molecule has 25 heavy (non-hydrogen) atoms. The number of guanidine groups is 1. The maximum Gasteiger partial charge on any atom is 0.193 e. The predicted molar refractivity (Wildman–Crippen MR) is 115 cm³/mol. The molecule has 3 rings (SSSR count). The van der Waals surface area contributed by atoms with Crippen LogP contribution in [-0.2, 0) is 4.74 Å². The third-order valence-corrected chi connectivity index (χ3v) is 5.10. The van der Waals surface area contributed by atoms with E-state index in [0.717, 1.165) is 51.6 Å². The quantitative estimate of drug-likeness (QED) is 0.400. The number of halogens is 1. The summed E-state index contributed by atoms with van der Waals surface area (Å²) < 4.78 is 5.76. The Labute approximate surface area is 169 Å². The van der Waals surface area contributed by atoms with E-state index in [0.29, 0.717) is 17.9 Å². The van der Waals surface area contributed by atoms with Crippen LogP contribution in [0.4, 0.5) is 0 Å². The molecule has 0 amide bonds. The summed E-state index contributed by atoms with van der Waals surface area (Å²) in [7, 11) is 0. The SMILES string of the molecule is CCNC(=NCC1CC1c1ccccc1)N1CCC(OCC)CC1.I. The summed E-state index contributed by atoms with van der Waals surface area (Å²) in [4.78, 5) is 7.34. The van der Waals surface area contributed by atoms with Gasteiger partial charge in [-0.1, -0.05) is 30.3 Å². The largest absolute Gasteiger partial charge is 0.378 e. The first-order valence-corrected chi connectivity index (χ1v) is 9.51. The van der Waals surface area contributed by atoms with Crippen LogP contribution in [-0.4, -0.2) is 49.7 Å². The molecule has 0 bridgehead atoms. The van der Waals surface area contributed by atoms with Crippen LogP contribution in [0.2, 0.25) is 0 Å². The van der Waals surface area contributed by atoms with Crippen LogP contribution in [0.1, 0.15) is 44.6 Å². The van der Waals surface area contributed by atoms with Crippen LogP contribution < -0.4 is 5.32 Å². The fraction of sp³-hybridized carbons (Fsp3) is 0.650. The topological polar surface area (TPSA) is 36.9 Å². The van der Waals surface area contributed by atoms with Crippen LogP contribution in [0.15, 0.2) is 35.3 Å². The molecule has 2 atom stereocenters. The third kappa shape index (κ3) is 5.84. The number of aliphatic imine (C=N–C) groups is 1. The van der Waals surface area contributed by atoms with Gasteiger partial charge in [0.15, 0.2) is 5.96 Å². The van der Waals surface area contributed by atoms with Gasteiger partial charge < -0.3 is 15.0 Å². The monoisotopic (exact) mass is 457 g/mol. The van der Waals surface area contributed by atoms with Gasteiger partial charge in [0.2, 0.25) is 0 Å². The first kappa shape index (κ1) is 20.5. The van der Waals surface area contributed by atoms with Gasteiger partial charge in [-0.3, -0.25) is 4.99 Å². The predicted octanol–water partition coefficient (Wildman–Crippen LogP) is 3.87. The summed E-state index contributed by atoms with van der Waals surface area (Å²) in [6.45, 7) is 9.00. The molecule has 0 spiro atoms. The Morgan fingerprint density at radius 3 is 2.56 bits per heavy atom. The molecule has 1 aromatic rings. The molecule has 1 aliphatic carbocycles. The molecule has 5 heteroatoms. The molecule has 1 N–H and O–H groups in total. The highest BCUT2D eigenvalue weighted by atomic mass is 127. The average Bonchev–Trinajstić information content (AvgIpc) is 3.40. The minimum Gasteiger partial charge on any atom is -0.378 e. The number of nitrogens with zero attached hydrogens (tertiary/aromatic N) is 2. The van der Waals surface area contributed by atoms with Crippen LogP contribution in [0.3, 0.4) is 0 Å². The Hall–Kier alpha value is -0.820. The van der Waals surface area contributed by atoms with E-state index in [-0.39, 0.29) is 24.0 Å². The number of nitrogens with one attached hydrogen (secondary N) is 1. The molecule has 0 aromatic heterocycles. The van der Waals surface area contributed by atoms with Crippen molar-refractivity contribution < 1.29 is 4.74 Å². The van der Waals surface area contributed by atoms with E-state index in [1.165, 1.54) is 12.0 Å². The number of hydrogen-bond acceptors (Lipinski definition) is 2. The summed E-state index contributed by atoms with van der Waals surface area (Å²) >= 11 is 0. The second-order valence-corrected chi connectivity index (χ2v) is 6.85. The number of ether oxygens (including phenoxy) is 1. The molecule has 140 valence electrons. The maximum absolute atomic E-state index is 5.76. The Balaban J connectivity index is 0.00000225. The lowest BCUT2D eigenvalue weighted by molar-refractivity contribution is 0.0264. The number of likely N-dealkylation sites (tertiary alicyclic amines) is 1. The Bertz CT molecular complexity index is 529. The van der Waals surface area contributed by atoms with E-state index in [1.807, 2.05) is 0 Å². The fourth-order valence-electron chi connectivity index (χ4n) is 3.66. The molecular weight excluding hydrogens is 425 g/mol. The normalized spacial score (nSPS) is 23.9. The lowest BCUT2D eigenvalue weighted by atomic mass is 10.1. The van der Waals surface area contributed by atoms with E-state index < -0.39 is 0 Å². The molecule has 4 nitrogen and oxygen atoms in total. The van der Waals surface area contributed by atoms with Gasteiger partial charge >= 0.3 is 0 Å². The summed E-state index contributed by atoms with van der Waals surface area (Å²) in [5, 5.41) is 3.47. The Morgan fingerprint density at radius 1 is 1.20 bits per heavy atom. The summed E-state index contributed by atoms with van der Waals surface area (Å²) in [6, 6.07) is 10.9. The molecule has 2 unspecified atom stereocenters. The highest BCUT2D eigenvalue weighted by Crippen LogP contribution is 2.47. The first-order valence-electron chi connectivity index (χ1n) is 9.51. The van der Waals surface area contributed by atoms with Crippen LogP contribution >= 0.6 is 24.0 Å². The van der Waals surface area contributed by atoms with Crippen LogP contribution in [0.5, 0.6) is 0 Å². The molecule has 2 aliphatic rings. The van der Waals surface area contributed by atoms with Crippen molar-refractivity contribution in [3.05, 3.63) is 35.9 Å². The lowest BCUT2D eigenvalue weighted by Gasteiger charge is -2.34. The standard InChI is InChI=1S/C20H31N3O.HI/c1-3-21-20(23-12-10-18(11-13-23)24-4-2)22-15-17-14-19(17)16-8-6-5-7-9-16;/h5-9,17-19H,3-4,10-15H2,1-2H3,(H,21,22);1H. The van der Waals surface area contributed by atoms with Crippen LogP contribution in [0, 0.1) is 5.92 Å². The summed E-state index contributed by atoms with van der Waals surface area (Å²) in [6.07, 6.45) is 3.92. The second kappa shape index (κ2) is 10.4. The molecule has 1 saturated heterocycles. The highest BCUT2D eigenvalue weighted by Gasteiger charge is 2.38. The summed E-state index contributed by atoms with van der Waals surface area (Å²) in [5.41, 5.74) is 1.47. The second-order valence-electron chi connectivity index (χ2n) is 6.85. The van der Waals surface area contributed by atoms with E-state index in [9.17, 15) is 0 Å². The van der Waals surface area contributed by atoms with Crippen molar-refractivity contribution in [3.63, 3.8) is 0 Å². The van der Waals surface area contributed by atoms with Gasteiger partial charge in [0, 0.05) is 32.8 Å².